The summed E-state index contributed by atoms with van der Waals surface area (Å²) in [6, 6.07) is 5.67. The minimum absolute atomic E-state index is 0.147. The Morgan fingerprint density at radius 1 is 0.971 bits per heavy atom. The molecule has 0 unspecified atom stereocenters. The Hall–Kier alpha value is -2.69. The summed E-state index contributed by atoms with van der Waals surface area (Å²) in [5.41, 5.74) is 9.96. The van der Waals surface area contributed by atoms with Gasteiger partial charge in [-0.15, -0.1) is 0 Å². The lowest BCUT2D eigenvalue weighted by atomic mass is 10.1. The zero-order chi connectivity index (χ0) is 24.9. The molecule has 34 heavy (non-hydrogen) atoms. The van der Waals surface area contributed by atoms with Crippen LogP contribution in [0.5, 0.6) is 11.5 Å². The van der Waals surface area contributed by atoms with Crippen LogP contribution in [0.1, 0.15) is 86.0 Å². The van der Waals surface area contributed by atoms with Gasteiger partial charge in [0.2, 0.25) is 5.75 Å². The number of aromatic nitrogens is 1. The molecular formula is C29H44N2O3. The summed E-state index contributed by atoms with van der Waals surface area (Å²) in [4.78, 5) is 13.6. The molecule has 1 aromatic heterocycles. The number of anilines is 1. The number of benzene rings is 1. The van der Waals surface area contributed by atoms with Crippen molar-refractivity contribution in [3.63, 3.8) is 0 Å². The number of nitrogens with two attached hydrogens (primary N) is 1. The van der Waals surface area contributed by atoms with Gasteiger partial charge in [-0.05, 0) is 70.7 Å². The highest BCUT2D eigenvalue weighted by Crippen LogP contribution is 2.34. The van der Waals surface area contributed by atoms with Crippen molar-refractivity contribution in [2.75, 3.05) is 18.9 Å². The molecule has 188 valence electrons. The van der Waals surface area contributed by atoms with Crippen LogP contribution in [0.2, 0.25) is 0 Å². The molecule has 0 fully saturated rings. The third-order valence-electron chi connectivity index (χ3n) is 5.93. The van der Waals surface area contributed by atoms with Gasteiger partial charge in [-0.3, -0.25) is 4.79 Å². The fraction of sp³-hybridized carbons (Fsp3) is 0.552. The lowest BCUT2D eigenvalue weighted by molar-refractivity contribution is 0.275. The van der Waals surface area contributed by atoms with Gasteiger partial charge in [0.25, 0.3) is 5.56 Å². The minimum Gasteiger partial charge on any atom is -0.489 e. The second-order valence-electron chi connectivity index (χ2n) is 9.34. The summed E-state index contributed by atoms with van der Waals surface area (Å²) in [7, 11) is 0. The third kappa shape index (κ3) is 8.27. The van der Waals surface area contributed by atoms with Gasteiger partial charge in [-0.1, -0.05) is 56.8 Å². The summed E-state index contributed by atoms with van der Waals surface area (Å²) in [5.74, 6) is 0.844. The number of ether oxygens (including phenoxy) is 2. The van der Waals surface area contributed by atoms with Gasteiger partial charge in [-0.2, -0.15) is 0 Å². The maximum atomic E-state index is 13.6. The van der Waals surface area contributed by atoms with Gasteiger partial charge in [0.1, 0.15) is 6.61 Å². The first-order valence-electron chi connectivity index (χ1n) is 12.9. The Kier molecular flexibility index (Phi) is 11.8. The van der Waals surface area contributed by atoms with Crippen molar-refractivity contribution in [1.82, 2.24) is 4.57 Å². The van der Waals surface area contributed by atoms with Crippen LogP contribution in [-0.2, 0) is 6.54 Å². The van der Waals surface area contributed by atoms with Gasteiger partial charge in [-0.25, -0.2) is 0 Å². The Labute approximate surface area is 205 Å². The molecule has 0 radical (unpaired) electrons. The van der Waals surface area contributed by atoms with E-state index in [1.165, 1.54) is 24.0 Å². The minimum atomic E-state index is -0.147. The molecule has 0 spiro atoms. The van der Waals surface area contributed by atoms with Crippen molar-refractivity contribution in [1.29, 1.82) is 0 Å². The van der Waals surface area contributed by atoms with Crippen molar-refractivity contribution in [3.8, 4) is 11.5 Å². The topological polar surface area (TPSA) is 66.5 Å². The molecule has 0 bridgehead atoms. The average Bonchev–Trinajstić information content (AvgIpc) is 2.79. The van der Waals surface area contributed by atoms with E-state index in [0.717, 1.165) is 49.4 Å². The van der Waals surface area contributed by atoms with E-state index in [-0.39, 0.29) is 5.56 Å². The van der Waals surface area contributed by atoms with E-state index in [1.54, 1.807) is 4.57 Å². The number of hydrogen-bond acceptors (Lipinski definition) is 4. The number of unbranched alkanes of at least 4 members (excludes halogenated alkanes) is 4. The zero-order valence-electron chi connectivity index (χ0n) is 21.9. The average molecular weight is 469 g/mol. The van der Waals surface area contributed by atoms with Gasteiger partial charge < -0.3 is 19.8 Å². The zero-order valence-corrected chi connectivity index (χ0v) is 21.9. The molecule has 1 heterocycles. The summed E-state index contributed by atoms with van der Waals surface area (Å²) in [6.07, 6.45) is 12.6. The lowest BCUT2D eigenvalue weighted by Crippen LogP contribution is -2.24. The monoisotopic (exact) mass is 468 g/mol. The quantitative estimate of drug-likeness (QED) is 0.168. The van der Waals surface area contributed by atoms with Gasteiger partial charge in [0.05, 0.1) is 12.1 Å². The van der Waals surface area contributed by atoms with Crippen molar-refractivity contribution in [2.24, 2.45) is 0 Å². The van der Waals surface area contributed by atoms with E-state index >= 15 is 0 Å². The van der Waals surface area contributed by atoms with E-state index in [0.29, 0.717) is 36.9 Å². The molecule has 1 aromatic carbocycles. The lowest BCUT2D eigenvalue weighted by Gasteiger charge is -2.19. The van der Waals surface area contributed by atoms with Crippen molar-refractivity contribution < 1.29 is 9.47 Å². The molecule has 5 nitrogen and oxygen atoms in total. The number of aryl methyl sites for hydroxylation is 1. The maximum Gasteiger partial charge on any atom is 0.297 e. The molecule has 0 aliphatic rings. The number of fused-ring (bicyclic) bond motifs is 1. The smallest absolute Gasteiger partial charge is 0.297 e. The maximum absolute atomic E-state index is 13.6. The fourth-order valence-electron chi connectivity index (χ4n) is 3.89. The Bertz CT molecular complexity index is 1030. The first-order valence-corrected chi connectivity index (χ1v) is 12.9. The molecule has 0 amide bonds. The van der Waals surface area contributed by atoms with E-state index in [4.69, 9.17) is 15.2 Å². The molecule has 0 saturated carbocycles. The Morgan fingerprint density at radius 3 is 2.44 bits per heavy atom. The molecule has 0 aliphatic heterocycles. The van der Waals surface area contributed by atoms with Crippen LogP contribution in [0, 0.1) is 0 Å². The van der Waals surface area contributed by atoms with Crippen LogP contribution >= 0.6 is 0 Å². The first-order chi connectivity index (χ1) is 16.4. The molecule has 2 aromatic rings. The third-order valence-corrected chi connectivity index (χ3v) is 5.93. The first kappa shape index (κ1) is 27.6. The molecule has 2 N–H and O–H groups in total. The van der Waals surface area contributed by atoms with Crippen LogP contribution in [0.25, 0.3) is 10.9 Å². The highest BCUT2D eigenvalue weighted by Gasteiger charge is 2.20. The summed E-state index contributed by atoms with van der Waals surface area (Å²) in [6.45, 7) is 12.2. The van der Waals surface area contributed by atoms with Crippen LogP contribution in [0.15, 0.2) is 46.3 Å². The molecule has 2 rings (SSSR count). The van der Waals surface area contributed by atoms with Crippen molar-refractivity contribution in [3.05, 3.63) is 51.9 Å². The highest BCUT2D eigenvalue weighted by molar-refractivity contribution is 5.90. The SMILES string of the molecule is CCCCCCOc1c(OCC=C(C)CCC=C(C)C)c(=O)n(CCCC)c2cc(N)ccc12. The molecule has 0 atom stereocenters. The molecule has 0 aliphatic carbocycles. The Balaban J connectivity index is 2.39. The normalized spacial score (nSPS) is 11.6. The number of rotatable bonds is 15. The van der Waals surface area contributed by atoms with Gasteiger partial charge in [0, 0.05) is 17.6 Å². The predicted octanol–water partition coefficient (Wildman–Crippen LogP) is 7.41. The predicted molar refractivity (Wildman–Crippen MR) is 145 cm³/mol. The standard InChI is InChI=1S/C29H44N2O3/c1-6-8-10-11-19-33-27-25-16-15-24(30)21-26(25)31(18-9-7-2)29(32)28(27)34-20-17-23(5)14-12-13-22(3)4/h13,15-17,21H,6-12,14,18-20,30H2,1-5H3. The second kappa shape index (κ2) is 14.5. The number of allylic oxidation sites excluding steroid dienone is 3. The van der Waals surface area contributed by atoms with Gasteiger partial charge >= 0.3 is 0 Å². The van der Waals surface area contributed by atoms with Crippen LogP contribution < -0.4 is 20.8 Å². The van der Waals surface area contributed by atoms with Crippen LogP contribution in [-0.4, -0.2) is 17.8 Å². The highest BCUT2D eigenvalue weighted by atomic mass is 16.5. The largest absolute Gasteiger partial charge is 0.489 e. The fourth-order valence-corrected chi connectivity index (χ4v) is 3.89. The van der Waals surface area contributed by atoms with Crippen LogP contribution in [0.4, 0.5) is 5.69 Å². The number of nitrogens with zero attached hydrogens (tertiary/aromatic N) is 1. The van der Waals surface area contributed by atoms with E-state index < -0.39 is 0 Å². The second-order valence-corrected chi connectivity index (χ2v) is 9.34. The number of nitrogen functional groups attached to an aromatic ring is 1. The molecular weight excluding hydrogens is 424 g/mol. The van der Waals surface area contributed by atoms with Crippen LogP contribution in [0.3, 0.4) is 0 Å². The Morgan fingerprint density at radius 2 is 1.74 bits per heavy atom. The van der Waals surface area contributed by atoms with Crippen molar-refractivity contribution >= 4 is 16.6 Å². The number of hydrogen-bond donors (Lipinski definition) is 1. The summed E-state index contributed by atoms with van der Waals surface area (Å²) < 4.78 is 14.1. The number of pyridine rings is 1. The summed E-state index contributed by atoms with van der Waals surface area (Å²) >= 11 is 0. The van der Waals surface area contributed by atoms with Gasteiger partial charge in [0.15, 0.2) is 5.75 Å². The van der Waals surface area contributed by atoms with E-state index in [2.05, 4.69) is 46.8 Å². The van der Waals surface area contributed by atoms with Crippen molar-refractivity contribution in [2.45, 2.75) is 92.5 Å². The molecule has 5 heteroatoms. The molecule has 0 saturated heterocycles. The van der Waals surface area contributed by atoms with E-state index in [1.807, 2.05) is 18.2 Å². The summed E-state index contributed by atoms with van der Waals surface area (Å²) in [5, 5.41) is 0.875. The van der Waals surface area contributed by atoms with E-state index in [9.17, 15) is 4.79 Å².